The first-order valence-corrected chi connectivity index (χ1v) is 9.83. The molecule has 1 fully saturated rings. The topological polar surface area (TPSA) is 49.0 Å². The maximum Gasteiger partial charge on any atom is 0.416 e. The molecule has 0 amide bonds. The molecule has 28 heavy (non-hydrogen) atoms. The summed E-state index contributed by atoms with van der Waals surface area (Å²) in [5.41, 5.74) is 0.381. The number of alkyl halides is 3. The van der Waals surface area contributed by atoms with Crippen molar-refractivity contribution in [2.24, 2.45) is 5.92 Å². The Labute approximate surface area is 163 Å². The first kappa shape index (κ1) is 20.6. The number of Topliss-reactive ketones (excluding diaryl/α,β-unsaturated/α-hetero) is 1. The number of carbonyl (C=O) groups is 1. The maximum atomic E-state index is 12.9. The van der Waals surface area contributed by atoms with Crippen LogP contribution >= 0.6 is 0 Å². The van der Waals surface area contributed by atoms with Crippen molar-refractivity contribution >= 4 is 5.78 Å². The Morgan fingerprint density at radius 1 is 1.36 bits per heavy atom. The second-order valence-electron chi connectivity index (χ2n) is 7.48. The van der Waals surface area contributed by atoms with Gasteiger partial charge in [-0.3, -0.25) is 9.69 Å². The normalized spacial score (nSPS) is 18.4. The summed E-state index contributed by atoms with van der Waals surface area (Å²) < 4.78 is 38.8. The molecule has 7 heteroatoms. The molecule has 1 saturated heterocycles. The van der Waals surface area contributed by atoms with E-state index < -0.39 is 11.7 Å². The number of carbonyl (C=O) groups excluding carboxylic acids is 1. The number of halogens is 3. The second kappa shape index (κ2) is 8.90. The van der Waals surface area contributed by atoms with Crippen molar-refractivity contribution in [3.05, 3.63) is 53.1 Å². The molecule has 0 unspecified atom stereocenters. The smallest absolute Gasteiger partial charge is 0.345 e. The largest absolute Gasteiger partial charge is 0.416 e. The Morgan fingerprint density at radius 2 is 2.18 bits per heavy atom. The third-order valence-electron chi connectivity index (χ3n) is 5.19. The summed E-state index contributed by atoms with van der Waals surface area (Å²) >= 11 is 0. The summed E-state index contributed by atoms with van der Waals surface area (Å²) in [7, 11) is 0. The van der Waals surface area contributed by atoms with Crippen LogP contribution in [0.15, 0.2) is 30.5 Å². The highest BCUT2D eigenvalue weighted by Gasteiger charge is 2.32. The van der Waals surface area contributed by atoms with Crippen molar-refractivity contribution in [1.82, 2.24) is 14.9 Å². The predicted octanol–water partition coefficient (Wildman–Crippen LogP) is 4.87. The predicted molar refractivity (Wildman–Crippen MR) is 101 cm³/mol. The van der Waals surface area contributed by atoms with Crippen LogP contribution in [-0.2, 0) is 19.1 Å². The zero-order valence-corrected chi connectivity index (χ0v) is 16.1. The quantitative estimate of drug-likeness (QED) is 0.683. The van der Waals surface area contributed by atoms with Crippen LogP contribution in [0.3, 0.4) is 0 Å². The van der Waals surface area contributed by atoms with Gasteiger partial charge in [-0.1, -0.05) is 25.5 Å². The molecule has 2 aromatic rings. The molecule has 1 aromatic heterocycles. The van der Waals surface area contributed by atoms with E-state index in [1.807, 2.05) is 6.20 Å². The fourth-order valence-corrected chi connectivity index (χ4v) is 3.70. The Balaban J connectivity index is 1.63. The number of H-pyrrole nitrogens is 1. The summed E-state index contributed by atoms with van der Waals surface area (Å²) in [6, 6.07) is 4.75. The highest BCUT2D eigenvalue weighted by Crippen LogP contribution is 2.31. The van der Waals surface area contributed by atoms with Gasteiger partial charge < -0.3 is 4.98 Å². The lowest BCUT2D eigenvalue weighted by molar-refractivity contribution is -0.137. The number of imidazole rings is 1. The fraction of sp³-hybridized carbons (Fsp3) is 0.524. The molecule has 1 N–H and O–H groups in total. The molecule has 2 heterocycles. The second-order valence-corrected chi connectivity index (χ2v) is 7.48. The lowest BCUT2D eigenvalue weighted by Gasteiger charge is -2.31. The number of likely N-dealkylation sites (tertiary alicyclic amines) is 1. The number of hydrogen-bond donors (Lipinski definition) is 1. The van der Waals surface area contributed by atoms with Crippen LogP contribution in [0.4, 0.5) is 13.2 Å². The molecule has 0 saturated carbocycles. The van der Waals surface area contributed by atoms with Crippen LogP contribution in [0.2, 0.25) is 0 Å². The molecule has 1 atom stereocenters. The van der Waals surface area contributed by atoms with Gasteiger partial charge in [0, 0.05) is 42.9 Å². The number of aromatic amines is 1. The molecule has 0 bridgehead atoms. The highest BCUT2D eigenvalue weighted by atomic mass is 19.4. The number of ketones is 1. The maximum absolute atomic E-state index is 12.9. The summed E-state index contributed by atoms with van der Waals surface area (Å²) in [5, 5.41) is 0. The van der Waals surface area contributed by atoms with Gasteiger partial charge in [0.15, 0.2) is 5.78 Å². The SMILES string of the molecule is CCCCc1ncc(CN2CCC[C@H](C(=O)c3cccc(C(F)(F)F)c3)C2)[nH]1. The number of benzene rings is 1. The van der Waals surface area contributed by atoms with Crippen molar-refractivity contribution in [2.75, 3.05) is 13.1 Å². The van der Waals surface area contributed by atoms with Crippen LogP contribution in [0.5, 0.6) is 0 Å². The van der Waals surface area contributed by atoms with Gasteiger partial charge in [-0.25, -0.2) is 4.98 Å². The fourth-order valence-electron chi connectivity index (χ4n) is 3.70. The zero-order valence-electron chi connectivity index (χ0n) is 16.1. The van der Waals surface area contributed by atoms with Gasteiger partial charge in [0.1, 0.15) is 5.82 Å². The molecule has 152 valence electrons. The first-order chi connectivity index (χ1) is 13.4. The minimum Gasteiger partial charge on any atom is -0.345 e. The van der Waals surface area contributed by atoms with Crippen LogP contribution < -0.4 is 0 Å². The molecule has 0 aliphatic carbocycles. The van der Waals surface area contributed by atoms with Gasteiger partial charge in [0.25, 0.3) is 0 Å². The molecule has 1 aromatic carbocycles. The minimum absolute atomic E-state index is 0.144. The summed E-state index contributed by atoms with van der Waals surface area (Å²) in [5.74, 6) is 0.495. The molecule has 0 spiro atoms. The number of nitrogens with one attached hydrogen (secondary N) is 1. The molecular weight excluding hydrogens is 367 g/mol. The molecule has 1 aliphatic rings. The Morgan fingerprint density at radius 3 is 2.93 bits per heavy atom. The van der Waals surface area contributed by atoms with E-state index in [1.54, 1.807) is 0 Å². The third kappa shape index (κ3) is 5.22. The number of unbranched alkanes of at least 4 members (excludes halogenated alkanes) is 1. The number of hydrogen-bond acceptors (Lipinski definition) is 3. The van der Waals surface area contributed by atoms with Crippen molar-refractivity contribution in [1.29, 1.82) is 0 Å². The standard InChI is InChI=1S/C21H26F3N3O/c1-2-3-9-19-25-12-18(26-19)14-27-10-5-7-16(13-27)20(28)15-6-4-8-17(11-15)21(22,23)24/h4,6,8,11-12,16H,2-3,5,7,9-10,13-14H2,1H3,(H,25,26)/t16-/m0/s1. The van der Waals surface area contributed by atoms with Crippen molar-refractivity contribution in [3.63, 3.8) is 0 Å². The lowest BCUT2D eigenvalue weighted by Crippen LogP contribution is -2.38. The van der Waals surface area contributed by atoms with Crippen molar-refractivity contribution in [3.8, 4) is 0 Å². The van der Waals surface area contributed by atoms with Crippen LogP contribution in [0.25, 0.3) is 0 Å². The Kier molecular flexibility index (Phi) is 6.54. The van der Waals surface area contributed by atoms with E-state index in [4.69, 9.17) is 0 Å². The van der Waals surface area contributed by atoms with E-state index in [0.717, 1.165) is 55.9 Å². The van der Waals surface area contributed by atoms with Gasteiger partial charge >= 0.3 is 6.18 Å². The third-order valence-corrected chi connectivity index (χ3v) is 5.19. The van der Waals surface area contributed by atoms with Gasteiger partial charge in [0.05, 0.1) is 5.56 Å². The summed E-state index contributed by atoms with van der Waals surface area (Å²) in [6.45, 7) is 4.23. The van der Waals surface area contributed by atoms with E-state index in [-0.39, 0.29) is 17.3 Å². The minimum atomic E-state index is -4.44. The number of piperidine rings is 1. The van der Waals surface area contributed by atoms with E-state index in [0.29, 0.717) is 19.5 Å². The number of aromatic nitrogens is 2. The number of nitrogens with zero attached hydrogens (tertiary/aromatic N) is 2. The molecule has 1 aliphatic heterocycles. The first-order valence-electron chi connectivity index (χ1n) is 9.83. The Bertz CT molecular complexity index is 800. The molecule has 3 rings (SSSR count). The Hall–Kier alpha value is -2.15. The lowest BCUT2D eigenvalue weighted by atomic mass is 9.89. The van der Waals surface area contributed by atoms with Crippen LogP contribution in [-0.4, -0.2) is 33.7 Å². The average Bonchev–Trinajstić information content (AvgIpc) is 3.12. The van der Waals surface area contributed by atoms with Crippen molar-refractivity contribution < 1.29 is 18.0 Å². The van der Waals surface area contributed by atoms with Gasteiger partial charge in [-0.15, -0.1) is 0 Å². The van der Waals surface area contributed by atoms with Crippen LogP contribution in [0.1, 0.15) is 60.0 Å². The number of aryl methyl sites for hydroxylation is 1. The summed E-state index contributed by atoms with van der Waals surface area (Å²) in [4.78, 5) is 22.7. The van der Waals surface area contributed by atoms with E-state index in [2.05, 4.69) is 21.8 Å². The monoisotopic (exact) mass is 393 g/mol. The van der Waals surface area contributed by atoms with Crippen LogP contribution in [0, 0.1) is 5.92 Å². The van der Waals surface area contributed by atoms with Gasteiger partial charge in [-0.05, 0) is 37.9 Å². The van der Waals surface area contributed by atoms with Gasteiger partial charge in [-0.2, -0.15) is 13.2 Å². The molecule has 0 radical (unpaired) electrons. The average molecular weight is 393 g/mol. The zero-order chi connectivity index (χ0) is 20.1. The molecule has 4 nitrogen and oxygen atoms in total. The highest BCUT2D eigenvalue weighted by molar-refractivity contribution is 5.98. The number of rotatable bonds is 7. The molecular formula is C21H26F3N3O. The summed E-state index contributed by atoms with van der Waals surface area (Å²) in [6.07, 6.45) is 2.08. The van der Waals surface area contributed by atoms with E-state index in [9.17, 15) is 18.0 Å². The van der Waals surface area contributed by atoms with Crippen molar-refractivity contribution in [2.45, 2.75) is 51.7 Å². The van der Waals surface area contributed by atoms with E-state index >= 15 is 0 Å². The van der Waals surface area contributed by atoms with Gasteiger partial charge in [0.2, 0.25) is 0 Å². The van der Waals surface area contributed by atoms with E-state index in [1.165, 1.54) is 12.1 Å².